The smallest absolute Gasteiger partial charge is 0.255 e. The van der Waals surface area contributed by atoms with Crippen LogP contribution in [0.3, 0.4) is 0 Å². The van der Waals surface area contributed by atoms with Crippen LogP contribution < -0.4 is 11.1 Å². The van der Waals surface area contributed by atoms with Crippen LogP contribution in [0.5, 0.6) is 0 Å². The minimum atomic E-state index is -0.202. The number of para-hydroxylation sites is 1. The zero-order chi connectivity index (χ0) is 23.1. The molecule has 0 radical (unpaired) electrons. The van der Waals surface area contributed by atoms with Crippen molar-refractivity contribution in [3.05, 3.63) is 94.1 Å². The van der Waals surface area contributed by atoms with Crippen molar-refractivity contribution < 1.29 is 4.79 Å². The monoisotopic (exact) mass is 443 g/mol. The lowest BCUT2D eigenvalue weighted by Gasteiger charge is -2.06. The highest BCUT2D eigenvalue weighted by molar-refractivity contribution is 7.14. The fourth-order valence-electron chi connectivity index (χ4n) is 3.03. The Morgan fingerprint density at radius 2 is 1.75 bits per heavy atom. The van der Waals surface area contributed by atoms with Crippen molar-refractivity contribution in [1.29, 1.82) is 5.41 Å². The zero-order valence-corrected chi connectivity index (χ0v) is 19.0. The Morgan fingerprint density at radius 1 is 1.03 bits per heavy atom. The van der Waals surface area contributed by atoms with Gasteiger partial charge >= 0.3 is 0 Å². The molecular formula is C25H25N5OS. The number of nitrogens with two attached hydrogens (primary N) is 1. The molecule has 0 unspecified atom stereocenters. The summed E-state index contributed by atoms with van der Waals surface area (Å²) in [5.41, 5.74) is 10.4. The van der Waals surface area contributed by atoms with Gasteiger partial charge in [-0.25, -0.2) is 4.98 Å². The van der Waals surface area contributed by atoms with Crippen LogP contribution in [0.4, 0.5) is 11.4 Å². The second-order valence-electron chi connectivity index (χ2n) is 6.66. The van der Waals surface area contributed by atoms with Crippen molar-refractivity contribution in [3.63, 3.8) is 0 Å². The number of carbonyl (C=O) groups is 1. The highest BCUT2D eigenvalue weighted by Gasteiger charge is 2.16. The number of pyridine rings is 1. The Bertz CT molecular complexity index is 1220. The summed E-state index contributed by atoms with van der Waals surface area (Å²) in [5.74, 6) is -0.202. The minimum Gasteiger partial charge on any atom is -0.398 e. The van der Waals surface area contributed by atoms with Crippen LogP contribution >= 0.6 is 11.3 Å². The number of aromatic nitrogens is 2. The van der Waals surface area contributed by atoms with Crippen LogP contribution in [-0.2, 0) is 0 Å². The number of aryl methyl sites for hydroxylation is 1. The number of benzene rings is 2. The van der Waals surface area contributed by atoms with E-state index in [2.05, 4.69) is 15.3 Å². The fraction of sp³-hybridized carbons (Fsp3) is 0.120. The molecule has 0 saturated carbocycles. The lowest BCUT2D eigenvalue weighted by atomic mass is 10.1. The molecule has 0 bridgehead atoms. The quantitative estimate of drug-likeness (QED) is 0.268. The van der Waals surface area contributed by atoms with Gasteiger partial charge in [-0.2, -0.15) is 0 Å². The predicted octanol–water partition coefficient (Wildman–Crippen LogP) is 5.79. The third-order valence-corrected chi connectivity index (χ3v) is 5.57. The minimum absolute atomic E-state index is 0.202. The summed E-state index contributed by atoms with van der Waals surface area (Å²) < 4.78 is 0. The Labute approximate surface area is 191 Å². The molecule has 4 aromatic rings. The van der Waals surface area contributed by atoms with Gasteiger partial charge in [-0.15, -0.1) is 11.3 Å². The molecule has 1 amide bonds. The van der Waals surface area contributed by atoms with Gasteiger partial charge < -0.3 is 11.1 Å². The van der Waals surface area contributed by atoms with Gasteiger partial charge in [0.05, 0.1) is 23.3 Å². The molecule has 2 heterocycles. The van der Waals surface area contributed by atoms with Gasteiger partial charge in [0.25, 0.3) is 5.91 Å². The standard InChI is InChI=1S/C23H19N5OS.C2H6/c1-14-21(28-23(30-14)20(25)18-6-2-3-7-19(18)24)15-8-10-16(11-9-15)22(29)27-17-5-4-12-26-13-17;1-2/h2-13,25H,24H2,1H3,(H,27,29);1-2H3. The number of amides is 1. The van der Waals surface area contributed by atoms with E-state index in [4.69, 9.17) is 11.1 Å². The molecule has 162 valence electrons. The SMILES string of the molecule is CC.Cc1sc(C(=N)c2ccccc2N)nc1-c1ccc(C(=O)Nc2cccnc2)cc1. The molecular weight excluding hydrogens is 418 g/mol. The van der Waals surface area contributed by atoms with Crippen molar-refractivity contribution in [2.24, 2.45) is 0 Å². The summed E-state index contributed by atoms with van der Waals surface area (Å²) in [6, 6.07) is 18.1. The maximum atomic E-state index is 12.4. The van der Waals surface area contributed by atoms with Gasteiger partial charge in [0.2, 0.25) is 0 Å². The summed E-state index contributed by atoms with van der Waals surface area (Å²) >= 11 is 1.46. The number of anilines is 2. The van der Waals surface area contributed by atoms with Gasteiger partial charge in [-0.3, -0.25) is 15.2 Å². The summed E-state index contributed by atoms with van der Waals surface area (Å²) in [6.45, 7) is 5.97. The third-order valence-electron chi connectivity index (χ3n) is 4.58. The van der Waals surface area contributed by atoms with E-state index in [0.29, 0.717) is 33.2 Å². The van der Waals surface area contributed by atoms with Gasteiger partial charge in [0.15, 0.2) is 0 Å². The number of nitrogens with one attached hydrogen (secondary N) is 2. The molecule has 0 saturated heterocycles. The van der Waals surface area contributed by atoms with Gasteiger partial charge in [-0.1, -0.05) is 44.2 Å². The van der Waals surface area contributed by atoms with Crippen molar-refractivity contribution in [2.45, 2.75) is 20.8 Å². The van der Waals surface area contributed by atoms with E-state index in [1.807, 2.05) is 51.1 Å². The highest BCUT2D eigenvalue weighted by atomic mass is 32.1. The number of carbonyl (C=O) groups excluding carboxylic acids is 1. The van der Waals surface area contributed by atoms with Crippen molar-refractivity contribution in [2.75, 3.05) is 11.1 Å². The molecule has 6 nitrogen and oxygen atoms in total. The number of nitrogen functional groups attached to an aromatic ring is 1. The first-order chi connectivity index (χ1) is 15.5. The Kier molecular flexibility index (Phi) is 7.46. The van der Waals surface area contributed by atoms with Crippen molar-refractivity contribution in [1.82, 2.24) is 9.97 Å². The van der Waals surface area contributed by atoms with Gasteiger partial charge in [-0.05, 0) is 37.3 Å². The second-order valence-corrected chi connectivity index (χ2v) is 7.86. The number of rotatable bonds is 5. The van der Waals surface area contributed by atoms with Crippen molar-refractivity contribution in [3.8, 4) is 11.3 Å². The molecule has 0 aliphatic heterocycles. The molecule has 4 rings (SSSR count). The lowest BCUT2D eigenvalue weighted by Crippen LogP contribution is -2.11. The third kappa shape index (κ3) is 5.07. The van der Waals surface area contributed by atoms with Crippen LogP contribution in [0.1, 0.15) is 39.7 Å². The predicted molar refractivity (Wildman–Crippen MR) is 133 cm³/mol. The largest absolute Gasteiger partial charge is 0.398 e. The number of hydrogen-bond donors (Lipinski definition) is 3. The second kappa shape index (κ2) is 10.5. The van der Waals surface area contributed by atoms with Crippen LogP contribution in [-0.4, -0.2) is 21.6 Å². The first-order valence-corrected chi connectivity index (χ1v) is 11.1. The van der Waals surface area contributed by atoms with Gasteiger partial charge in [0, 0.05) is 33.5 Å². The normalized spacial score (nSPS) is 10.1. The maximum absolute atomic E-state index is 12.4. The van der Waals surface area contributed by atoms with Crippen LogP contribution in [0.15, 0.2) is 73.1 Å². The van der Waals surface area contributed by atoms with E-state index >= 15 is 0 Å². The highest BCUT2D eigenvalue weighted by Crippen LogP contribution is 2.30. The molecule has 2 aromatic carbocycles. The van der Waals surface area contributed by atoms with Crippen LogP contribution in [0, 0.1) is 12.3 Å². The zero-order valence-electron chi connectivity index (χ0n) is 18.2. The topological polar surface area (TPSA) is 105 Å². The molecule has 0 spiro atoms. The van der Waals surface area contributed by atoms with Crippen LogP contribution in [0.25, 0.3) is 11.3 Å². The average Bonchev–Trinajstić information content (AvgIpc) is 3.22. The van der Waals surface area contributed by atoms with E-state index < -0.39 is 0 Å². The number of thiazole rings is 1. The van der Waals surface area contributed by atoms with Crippen molar-refractivity contribution >= 4 is 34.3 Å². The summed E-state index contributed by atoms with van der Waals surface area (Å²) in [4.78, 5) is 22.1. The van der Waals surface area contributed by atoms with E-state index in [1.165, 1.54) is 11.3 Å². The first kappa shape index (κ1) is 22.8. The summed E-state index contributed by atoms with van der Waals surface area (Å²) in [7, 11) is 0. The summed E-state index contributed by atoms with van der Waals surface area (Å²) in [6.07, 6.45) is 3.25. The average molecular weight is 444 g/mol. The molecule has 32 heavy (non-hydrogen) atoms. The molecule has 7 heteroatoms. The Balaban J connectivity index is 0.00000141. The number of nitrogens with zero attached hydrogens (tertiary/aromatic N) is 2. The molecule has 0 aliphatic carbocycles. The molecule has 0 aliphatic rings. The Hall–Kier alpha value is -3.84. The van der Waals surface area contributed by atoms with Crippen LogP contribution in [0.2, 0.25) is 0 Å². The van der Waals surface area contributed by atoms with Gasteiger partial charge in [0.1, 0.15) is 5.01 Å². The summed E-state index contributed by atoms with van der Waals surface area (Å²) in [5, 5.41) is 11.9. The first-order valence-electron chi connectivity index (χ1n) is 10.3. The molecule has 0 atom stereocenters. The van der Waals surface area contributed by atoms with E-state index in [9.17, 15) is 4.79 Å². The van der Waals surface area contributed by atoms with E-state index in [1.54, 1.807) is 42.7 Å². The molecule has 2 aromatic heterocycles. The lowest BCUT2D eigenvalue weighted by molar-refractivity contribution is 0.102. The molecule has 0 fully saturated rings. The molecule has 4 N–H and O–H groups in total. The van der Waals surface area contributed by atoms with E-state index in [-0.39, 0.29) is 5.91 Å². The fourth-order valence-corrected chi connectivity index (χ4v) is 3.93. The maximum Gasteiger partial charge on any atom is 0.255 e. The Morgan fingerprint density at radius 3 is 2.41 bits per heavy atom. The number of hydrogen-bond acceptors (Lipinski definition) is 6. The van der Waals surface area contributed by atoms with E-state index in [0.717, 1.165) is 16.1 Å².